The van der Waals surface area contributed by atoms with Gasteiger partial charge in [0.15, 0.2) is 0 Å². The average Bonchev–Trinajstić information content (AvgIpc) is 3.00. The van der Waals surface area contributed by atoms with Gasteiger partial charge in [-0.25, -0.2) is 4.39 Å². The lowest BCUT2D eigenvalue weighted by atomic mass is 9.99. The van der Waals surface area contributed by atoms with Gasteiger partial charge in [-0.1, -0.05) is 29.8 Å². The Balaban J connectivity index is 0.000000177. The van der Waals surface area contributed by atoms with E-state index in [1.165, 1.54) is 24.6 Å². The normalized spacial score (nSPS) is 17.2. The molecule has 24 heavy (non-hydrogen) atoms. The predicted octanol–water partition coefficient (Wildman–Crippen LogP) is 3.22. The van der Waals surface area contributed by atoms with Gasteiger partial charge >= 0.3 is 0 Å². The van der Waals surface area contributed by atoms with E-state index in [4.69, 9.17) is 4.55 Å². The van der Waals surface area contributed by atoms with Gasteiger partial charge < -0.3 is 5.32 Å². The van der Waals surface area contributed by atoms with Gasteiger partial charge in [-0.2, -0.15) is 8.42 Å². The lowest BCUT2D eigenvalue weighted by Crippen LogP contribution is -2.10. The predicted molar refractivity (Wildman–Crippen MR) is 92.1 cm³/mol. The third-order valence-electron chi connectivity index (χ3n) is 3.89. The Labute approximate surface area is 142 Å². The van der Waals surface area contributed by atoms with Crippen molar-refractivity contribution in [3.8, 4) is 0 Å². The second-order valence-corrected chi connectivity index (χ2v) is 7.40. The van der Waals surface area contributed by atoms with Crippen LogP contribution in [-0.4, -0.2) is 26.1 Å². The second-order valence-electron chi connectivity index (χ2n) is 5.98. The molecule has 130 valence electrons. The molecular weight excluding hydrogens is 329 g/mol. The average molecular weight is 351 g/mol. The monoisotopic (exact) mass is 351 g/mol. The van der Waals surface area contributed by atoms with E-state index in [1.807, 2.05) is 13.0 Å². The topological polar surface area (TPSA) is 66.4 Å². The lowest BCUT2D eigenvalue weighted by Gasteiger charge is -2.07. The fraction of sp³-hybridized carbons (Fsp3) is 0.333. The van der Waals surface area contributed by atoms with Gasteiger partial charge in [0.05, 0.1) is 4.90 Å². The molecule has 0 saturated carbocycles. The van der Waals surface area contributed by atoms with Gasteiger partial charge in [0.25, 0.3) is 10.1 Å². The number of halogens is 1. The number of hydrogen-bond donors (Lipinski definition) is 2. The Morgan fingerprint density at radius 2 is 1.92 bits per heavy atom. The second kappa shape index (κ2) is 8.37. The Morgan fingerprint density at radius 1 is 1.21 bits per heavy atom. The summed E-state index contributed by atoms with van der Waals surface area (Å²) in [6.45, 7) is 4.03. The van der Waals surface area contributed by atoms with Crippen molar-refractivity contribution in [3.05, 3.63) is 65.5 Å². The molecule has 0 aliphatic carbocycles. The molecule has 0 amide bonds. The van der Waals surface area contributed by atoms with Crippen LogP contribution in [0.5, 0.6) is 0 Å². The number of benzene rings is 2. The third-order valence-corrected chi connectivity index (χ3v) is 4.76. The first kappa shape index (κ1) is 18.6. The summed E-state index contributed by atoms with van der Waals surface area (Å²) in [5.41, 5.74) is 2.08. The Kier molecular flexibility index (Phi) is 6.48. The summed E-state index contributed by atoms with van der Waals surface area (Å²) in [4.78, 5) is -0.0666. The molecule has 4 nitrogen and oxygen atoms in total. The maximum Gasteiger partial charge on any atom is 0.294 e. The van der Waals surface area contributed by atoms with E-state index in [1.54, 1.807) is 24.3 Å². The minimum Gasteiger partial charge on any atom is -0.316 e. The molecule has 2 N–H and O–H groups in total. The van der Waals surface area contributed by atoms with Crippen molar-refractivity contribution < 1.29 is 17.4 Å². The molecule has 1 fully saturated rings. The molecule has 1 unspecified atom stereocenters. The maximum atomic E-state index is 12.8. The van der Waals surface area contributed by atoms with Gasteiger partial charge in [0.1, 0.15) is 5.82 Å². The van der Waals surface area contributed by atoms with Crippen LogP contribution in [-0.2, 0) is 16.5 Å². The minimum absolute atomic E-state index is 0.0666. The molecule has 3 rings (SSSR count). The van der Waals surface area contributed by atoms with Gasteiger partial charge in [0, 0.05) is 0 Å². The summed E-state index contributed by atoms with van der Waals surface area (Å²) >= 11 is 0. The molecule has 1 heterocycles. The zero-order chi connectivity index (χ0) is 17.6. The summed E-state index contributed by atoms with van der Waals surface area (Å²) < 4.78 is 42.4. The highest BCUT2D eigenvalue weighted by atomic mass is 32.2. The maximum absolute atomic E-state index is 12.8. The van der Waals surface area contributed by atoms with Crippen molar-refractivity contribution in [1.82, 2.24) is 5.32 Å². The van der Waals surface area contributed by atoms with Crippen molar-refractivity contribution >= 4 is 10.1 Å². The van der Waals surface area contributed by atoms with Crippen LogP contribution in [0.25, 0.3) is 0 Å². The van der Waals surface area contributed by atoms with E-state index < -0.39 is 10.1 Å². The fourth-order valence-corrected chi connectivity index (χ4v) is 3.08. The zero-order valence-corrected chi connectivity index (χ0v) is 14.4. The van der Waals surface area contributed by atoms with Crippen LogP contribution in [0.4, 0.5) is 4.39 Å². The molecule has 0 aromatic heterocycles. The number of nitrogens with one attached hydrogen (secondary N) is 1. The van der Waals surface area contributed by atoms with Crippen LogP contribution in [0.2, 0.25) is 0 Å². The van der Waals surface area contributed by atoms with E-state index in [-0.39, 0.29) is 10.7 Å². The SMILES string of the molecule is Cc1ccc(S(=O)(=O)O)cc1.Fc1cccc(CC2CCNC2)c1. The number of hydrogen-bond acceptors (Lipinski definition) is 3. The van der Waals surface area contributed by atoms with Crippen molar-refractivity contribution in [1.29, 1.82) is 0 Å². The molecule has 0 spiro atoms. The molecule has 6 heteroatoms. The van der Waals surface area contributed by atoms with Gasteiger partial charge in [-0.3, -0.25) is 4.55 Å². The summed E-state index contributed by atoms with van der Waals surface area (Å²) in [6, 6.07) is 12.9. The lowest BCUT2D eigenvalue weighted by molar-refractivity contribution is 0.483. The standard InChI is InChI=1S/C11H14FN.C7H8O3S/c12-11-3-1-2-9(7-11)6-10-4-5-13-8-10;1-6-2-4-7(5-3-6)11(8,9)10/h1-3,7,10,13H,4-6,8H2;2-5H,1H3,(H,8,9,10). The molecule has 1 aliphatic rings. The largest absolute Gasteiger partial charge is 0.316 e. The molecule has 2 aromatic carbocycles. The van der Waals surface area contributed by atoms with Crippen molar-refractivity contribution in [2.75, 3.05) is 13.1 Å². The fourth-order valence-electron chi connectivity index (χ4n) is 2.60. The van der Waals surface area contributed by atoms with E-state index in [0.717, 1.165) is 30.6 Å². The van der Waals surface area contributed by atoms with Gasteiger partial charge in [-0.15, -0.1) is 0 Å². The third kappa shape index (κ3) is 6.03. The molecule has 0 radical (unpaired) electrons. The zero-order valence-electron chi connectivity index (χ0n) is 13.6. The summed E-state index contributed by atoms with van der Waals surface area (Å²) in [6.07, 6.45) is 2.22. The van der Waals surface area contributed by atoms with Crippen molar-refractivity contribution in [2.45, 2.75) is 24.7 Å². The highest BCUT2D eigenvalue weighted by Gasteiger charge is 2.14. The molecule has 2 aromatic rings. The Hall–Kier alpha value is -1.76. The quantitative estimate of drug-likeness (QED) is 0.834. The Bertz CT molecular complexity index is 754. The highest BCUT2D eigenvalue weighted by molar-refractivity contribution is 7.85. The molecule has 1 atom stereocenters. The van der Waals surface area contributed by atoms with Crippen molar-refractivity contribution in [2.24, 2.45) is 5.92 Å². The molecule has 1 aliphatic heterocycles. The smallest absolute Gasteiger partial charge is 0.294 e. The van der Waals surface area contributed by atoms with E-state index in [2.05, 4.69) is 5.32 Å². The van der Waals surface area contributed by atoms with Crippen molar-refractivity contribution in [3.63, 3.8) is 0 Å². The summed E-state index contributed by atoms with van der Waals surface area (Å²) in [5.74, 6) is 0.574. The first-order valence-electron chi connectivity index (χ1n) is 7.84. The summed E-state index contributed by atoms with van der Waals surface area (Å²) in [5, 5.41) is 3.31. The first-order chi connectivity index (χ1) is 11.3. The molecule has 1 saturated heterocycles. The Morgan fingerprint density at radius 3 is 2.46 bits per heavy atom. The minimum atomic E-state index is -4.02. The first-order valence-corrected chi connectivity index (χ1v) is 9.28. The van der Waals surface area contributed by atoms with Crippen LogP contribution < -0.4 is 5.32 Å². The van der Waals surface area contributed by atoms with E-state index in [0.29, 0.717) is 5.92 Å². The molecular formula is C18H22FNO3S. The number of rotatable bonds is 3. The van der Waals surface area contributed by atoms with Crippen LogP contribution in [0.3, 0.4) is 0 Å². The molecule has 0 bridgehead atoms. The van der Waals surface area contributed by atoms with Gasteiger partial charge in [0.2, 0.25) is 0 Å². The van der Waals surface area contributed by atoms with E-state index >= 15 is 0 Å². The van der Waals surface area contributed by atoms with Crippen LogP contribution in [0, 0.1) is 18.7 Å². The number of aryl methyl sites for hydroxylation is 1. The van der Waals surface area contributed by atoms with Gasteiger partial charge in [-0.05, 0) is 68.6 Å². The summed E-state index contributed by atoms with van der Waals surface area (Å²) in [7, 11) is -4.02. The van der Waals surface area contributed by atoms with Crippen LogP contribution in [0.1, 0.15) is 17.5 Å². The van der Waals surface area contributed by atoms with E-state index in [9.17, 15) is 12.8 Å². The highest BCUT2D eigenvalue weighted by Crippen LogP contribution is 2.15. The van der Waals surface area contributed by atoms with Crippen LogP contribution >= 0.6 is 0 Å². The van der Waals surface area contributed by atoms with Crippen LogP contribution in [0.15, 0.2) is 53.4 Å².